The van der Waals surface area contributed by atoms with Crippen molar-refractivity contribution in [2.24, 2.45) is 0 Å². The van der Waals surface area contributed by atoms with E-state index in [1.54, 1.807) is 16.8 Å². The molecule has 1 aliphatic heterocycles. The van der Waals surface area contributed by atoms with E-state index in [0.717, 1.165) is 17.7 Å². The Bertz CT molecular complexity index is 1220. The molecule has 1 saturated heterocycles. The summed E-state index contributed by atoms with van der Waals surface area (Å²) in [6.45, 7) is 8.29. The largest absolute Gasteiger partial charge is 0.466 e. The van der Waals surface area contributed by atoms with E-state index in [0.29, 0.717) is 24.4 Å². The van der Waals surface area contributed by atoms with Crippen LogP contribution in [0.4, 0.5) is 0 Å². The van der Waals surface area contributed by atoms with Crippen LogP contribution in [0, 0.1) is 13.8 Å². The number of amides is 2. The molecule has 2 amide bonds. The first kappa shape index (κ1) is 19.7. The van der Waals surface area contributed by atoms with Crippen molar-refractivity contribution in [2.75, 3.05) is 6.54 Å². The summed E-state index contributed by atoms with van der Waals surface area (Å²) in [4.78, 5) is 41.9. The Morgan fingerprint density at radius 3 is 2.87 bits per heavy atom. The molecule has 0 unspecified atom stereocenters. The number of hydrogen-bond donors (Lipinski definition) is 2. The predicted octanol–water partition coefficient (Wildman–Crippen LogP) is 1.57. The smallest absolute Gasteiger partial charge is 0.295 e. The van der Waals surface area contributed by atoms with Crippen molar-refractivity contribution in [3.63, 3.8) is 0 Å². The minimum absolute atomic E-state index is 0.0767. The Hall–Kier alpha value is -3.62. The molecule has 1 atom stereocenters. The standard InChI is InChI=1S/C21H23N5O4/c1-4-8-26-17(14-9-12(2)30-13(14)3)11-25-10-16(23-18(25)21(26)29)20(28)24-15-6-5-7-22-19(15)27/h4,9-11,15H,1,5-8H2,2-3H3,(H,22,27)(H,24,28)/t15-/m1/s1. The van der Waals surface area contributed by atoms with Gasteiger partial charge in [0.15, 0.2) is 0 Å². The number of furan rings is 1. The number of imidazole rings is 1. The van der Waals surface area contributed by atoms with Gasteiger partial charge in [-0.1, -0.05) is 6.08 Å². The fourth-order valence-electron chi connectivity index (χ4n) is 3.74. The van der Waals surface area contributed by atoms with Gasteiger partial charge in [-0.3, -0.25) is 23.4 Å². The van der Waals surface area contributed by atoms with Gasteiger partial charge >= 0.3 is 0 Å². The van der Waals surface area contributed by atoms with Gasteiger partial charge < -0.3 is 15.1 Å². The lowest BCUT2D eigenvalue weighted by atomic mass is 10.1. The summed E-state index contributed by atoms with van der Waals surface area (Å²) >= 11 is 0. The number of carbonyl (C=O) groups is 2. The van der Waals surface area contributed by atoms with Gasteiger partial charge in [-0.15, -0.1) is 6.58 Å². The third-order valence-electron chi connectivity index (χ3n) is 5.17. The van der Waals surface area contributed by atoms with Gasteiger partial charge in [-0.05, 0) is 32.8 Å². The highest BCUT2D eigenvalue weighted by Gasteiger charge is 2.25. The lowest BCUT2D eigenvalue weighted by Crippen LogP contribution is -2.50. The molecule has 1 fully saturated rings. The molecule has 0 radical (unpaired) electrons. The maximum Gasteiger partial charge on any atom is 0.295 e. The van der Waals surface area contributed by atoms with Crippen molar-refractivity contribution in [1.29, 1.82) is 0 Å². The quantitative estimate of drug-likeness (QED) is 0.622. The van der Waals surface area contributed by atoms with E-state index in [1.807, 2.05) is 19.9 Å². The van der Waals surface area contributed by atoms with Gasteiger partial charge in [0, 0.05) is 31.0 Å². The molecule has 3 aromatic heterocycles. The Labute approximate surface area is 172 Å². The Kier molecular flexibility index (Phi) is 5.03. The maximum atomic E-state index is 13.1. The van der Waals surface area contributed by atoms with Crippen LogP contribution in [0.25, 0.3) is 16.9 Å². The lowest BCUT2D eigenvalue weighted by molar-refractivity contribution is -0.124. The van der Waals surface area contributed by atoms with E-state index < -0.39 is 11.9 Å². The zero-order valence-corrected chi connectivity index (χ0v) is 16.9. The summed E-state index contributed by atoms with van der Waals surface area (Å²) in [6.07, 6.45) is 6.23. The van der Waals surface area contributed by atoms with Crippen LogP contribution in [0.3, 0.4) is 0 Å². The van der Waals surface area contributed by atoms with Crippen molar-refractivity contribution in [3.8, 4) is 11.3 Å². The van der Waals surface area contributed by atoms with E-state index in [4.69, 9.17) is 4.42 Å². The Morgan fingerprint density at radius 1 is 1.40 bits per heavy atom. The molecule has 0 saturated carbocycles. The zero-order chi connectivity index (χ0) is 21.4. The third-order valence-corrected chi connectivity index (χ3v) is 5.17. The van der Waals surface area contributed by atoms with Crippen molar-refractivity contribution >= 4 is 17.5 Å². The lowest BCUT2D eigenvalue weighted by Gasteiger charge is -2.22. The summed E-state index contributed by atoms with van der Waals surface area (Å²) < 4.78 is 8.71. The van der Waals surface area contributed by atoms with Crippen molar-refractivity contribution in [1.82, 2.24) is 24.6 Å². The Balaban J connectivity index is 1.77. The second-order valence-electron chi connectivity index (χ2n) is 7.36. The number of piperidine rings is 1. The molecule has 4 rings (SSSR count). The van der Waals surface area contributed by atoms with E-state index >= 15 is 0 Å². The van der Waals surface area contributed by atoms with Crippen LogP contribution in [0.1, 0.15) is 34.9 Å². The summed E-state index contributed by atoms with van der Waals surface area (Å²) in [7, 11) is 0. The minimum Gasteiger partial charge on any atom is -0.466 e. The van der Waals surface area contributed by atoms with Crippen LogP contribution in [0.2, 0.25) is 0 Å². The second kappa shape index (κ2) is 7.66. The van der Waals surface area contributed by atoms with Crippen molar-refractivity contribution in [2.45, 2.75) is 39.3 Å². The van der Waals surface area contributed by atoms with Gasteiger partial charge in [0.2, 0.25) is 11.6 Å². The van der Waals surface area contributed by atoms with Crippen LogP contribution in [-0.4, -0.2) is 38.4 Å². The van der Waals surface area contributed by atoms with Gasteiger partial charge in [0.05, 0.1) is 5.69 Å². The molecule has 30 heavy (non-hydrogen) atoms. The second-order valence-corrected chi connectivity index (χ2v) is 7.36. The number of fused-ring (bicyclic) bond motifs is 1. The number of nitrogens with one attached hydrogen (secondary N) is 2. The predicted molar refractivity (Wildman–Crippen MR) is 110 cm³/mol. The van der Waals surface area contributed by atoms with E-state index in [1.165, 1.54) is 10.6 Å². The van der Waals surface area contributed by atoms with Crippen LogP contribution in [-0.2, 0) is 11.3 Å². The molecule has 156 valence electrons. The fourth-order valence-corrected chi connectivity index (χ4v) is 3.74. The van der Waals surface area contributed by atoms with E-state index in [-0.39, 0.29) is 29.4 Å². The van der Waals surface area contributed by atoms with Crippen LogP contribution in [0.15, 0.2) is 40.3 Å². The van der Waals surface area contributed by atoms with Crippen LogP contribution in [0.5, 0.6) is 0 Å². The molecule has 0 aliphatic carbocycles. The number of carbonyl (C=O) groups excluding carboxylic acids is 2. The average Bonchev–Trinajstić information content (AvgIpc) is 3.28. The first-order valence-electron chi connectivity index (χ1n) is 9.78. The van der Waals surface area contributed by atoms with Crippen molar-refractivity contribution in [3.05, 3.63) is 58.7 Å². The van der Waals surface area contributed by atoms with Crippen molar-refractivity contribution < 1.29 is 14.0 Å². The number of hydrogen-bond acceptors (Lipinski definition) is 5. The molecule has 9 heteroatoms. The molecular weight excluding hydrogens is 386 g/mol. The highest BCUT2D eigenvalue weighted by atomic mass is 16.3. The number of allylic oxidation sites excluding steroid dienone is 1. The zero-order valence-electron chi connectivity index (χ0n) is 16.9. The van der Waals surface area contributed by atoms with Crippen LogP contribution >= 0.6 is 0 Å². The molecular formula is C21H23N5O4. The molecule has 3 aromatic rings. The average molecular weight is 409 g/mol. The first-order chi connectivity index (χ1) is 14.4. The monoisotopic (exact) mass is 409 g/mol. The minimum atomic E-state index is -0.597. The molecule has 0 bridgehead atoms. The SMILES string of the molecule is C=CCn1c(-c2cc(C)oc2C)cn2cc(C(=O)N[C@@H]3CCCNC3=O)nc2c1=O. The molecule has 1 aliphatic rings. The summed E-state index contributed by atoms with van der Waals surface area (Å²) in [5.41, 5.74) is 1.27. The van der Waals surface area contributed by atoms with Crippen LogP contribution < -0.4 is 16.2 Å². The summed E-state index contributed by atoms with van der Waals surface area (Å²) in [5, 5.41) is 5.43. The maximum absolute atomic E-state index is 13.1. The molecule has 0 aromatic carbocycles. The van der Waals surface area contributed by atoms with Gasteiger partial charge in [0.25, 0.3) is 11.5 Å². The topological polar surface area (TPSA) is 111 Å². The highest BCUT2D eigenvalue weighted by molar-refractivity contribution is 5.96. The number of aromatic nitrogens is 3. The van der Waals surface area contributed by atoms with Gasteiger partial charge in [0.1, 0.15) is 23.3 Å². The van der Waals surface area contributed by atoms with E-state index in [2.05, 4.69) is 22.2 Å². The molecule has 2 N–H and O–H groups in total. The summed E-state index contributed by atoms with van der Waals surface area (Å²) in [5.74, 6) is 0.717. The molecule has 9 nitrogen and oxygen atoms in total. The summed E-state index contributed by atoms with van der Waals surface area (Å²) in [6, 6.07) is 1.27. The Morgan fingerprint density at radius 2 is 2.20 bits per heavy atom. The normalized spacial score (nSPS) is 16.5. The molecule has 0 spiro atoms. The van der Waals surface area contributed by atoms with Gasteiger partial charge in [-0.2, -0.15) is 0 Å². The fraction of sp³-hybridized carbons (Fsp3) is 0.333. The van der Waals surface area contributed by atoms with Gasteiger partial charge in [-0.25, -0.2) is 4.98 Å². The number of rotatable bonds is 5. The third kappa shape index (κ3) is 3.42. The molecule has 4 heterocycles. The first-order valence-corrected chi connectivity index (χ1v) is 9.78. The number of aryl methyl sites for hydroxylation is 2. The highest BCUT2D eigenvalue weighted by Crippen LogP contribution is 2.26. The number of nitrogens with zero attached hydrogens (tertiary/aromatic N) is 3. The van der Waals surface area contributed by atoms with E-state index in [9.17, 15) is 14.4 Å².